The summed E-state index contributed by atoms with van der Waals surface area (Å²) in [6.07, 6.45) is 0.960. The highest BCUT2D eigenvalue weighted by Crippen LogP contribution is 2.38. The molecule has 2 amide bonds. The first-order chi connectivity index (χ1) is 17.4. The van der Waals surface area contributed by atoms with Crippen molar-refractivity contribution < 1.29 is 14.3 Å². The summed E-state index contributed by atoms with van der Waals surface area (Å²) in [6, 6.07) is 18.1. The molecule has 188 valence electrons. The highest BCUT2D eigenvalue weighted by atomic mass is 32.1. The van der Waals surface area contributed by atoms with E-state index in [2.05, 4.69) is 28.5 Å². The Kier molecular flexibility index (Phi) is 7.12. The number of ether oxygens (including phenoxy) is 1. The second kappa shape index (κ2) is 10.4. The van der Waals surface area contributed by atoms with E-state index in [1.165, 1.54) is 16.0 Å². The molecule has 2 aromatic carbocycles. The Bertz CT molecular complexity index is 1220. The monoisotopic (exact) mass is 503 g/mol. The van der Waals surface area contributed by atoms with Crippen LogP contribution in [0.15, 0.2) is 60.0 Å². The molecule has 6 nitrogen and oxygen atoms in total. The predicted octanol–water partition coefficient (Wildman–Crippen LogP) is 4.39. The van der Waals surface area contributed by atoms with Crippen molar-refractivity contribution in [1.82, 2.24) is 14.7 Å². The molecule has 0 saturated carbocycles. The summed E-state index contributed by atoms with van der Waals surface area (Å²) in [7, 11) is 1.67. The molecule has 2 aliphatic rings. The van der Waals surface area contributed by atoms with Gasteiger partial charge in [0, 0.05) is 42.7 Å². The first-order valence-electron chi connectivity index (χ1n) is 12.5. The van der Waals surface area contributed by atoms with Crippen LogP contribution in [0.4, 0.5) is 0 Å². The van der Waals surface area contributed by atoms with E-state index in [0.717, 1.165) is 24.3 Å². The Morgan fingerprint density at radius 3 is 2.44 bits per heavy atom. The van der Waals surface area contributed by atoms with Crippen LogP contribution in [-0.4, -0.2) is 72.4 Å². The molecule has 7 heteroatoms. The molecule has 1 saturated heterocycles. The summed E-state index contributed by atoms with van der Waals surface area (Å²) >= 11 is 1.80. The van der Waals surface area contributed by atoms with E-state index >= 15 is 0 Å². The van der Waals surface area contributed by atoms with Crippen LogP contribution in [0.5, 0.6) is 5.75 Å². The van der Waals surface area contributed by atoms with Gasteiger partial charge < -0.3 is 14.5 Å². The van der Waals surface area contributed by atoms with Gasteiger partial charge in [-0.2, -0.15) is 0 Å². The molecule has 1 aromatic heterocycles. The smallest absolute Gasteiger partial charge is 0.254 e. The van der Waals surface area contributed by atoms with Crippen LogP contribution in [0, 0.1) is 6.92 Å². The van der Waals surface area contributed by atoms with Crippen molar-refractivity contribution in [1.29, 1.82) is 0 Å². The third-order valence-electron chi connectivity index (χ3n) is 7.38. The molecule has 2 aliphatic heterocycles. The molecule has 1 fully saturated rings. The number of carbonyl (C=O) groups excluding carboxylic acids is 2. The van der Waals surface area contributed by atoms with Crippen LogP contribution in [0.2, 0.25) is 0 Å². The van der Waals surface area contributed by atoms with Gasteiger partial charge in [0.25, 0.3) is 5.91 Å². The molecule has 0 aliphatic carbocycles. The summed E-state index contributed by atoms with van der Waals surface area (Å²) in [5.74, 6) is 0.992. The minimum Gasteiger partial charge on any atom is -0.497 e. The number of benzene rings is 2. The number of thiophene rings is 1. The quantitative estimate of drug-likeness (QED) is 0.518. The largest absolute Gasteiger partial charge is 0.497 e. The van der Waals surface area contributed by atoms with E-state index in [1.807, 2.05) is 60.0 Å². The zero-order chi connectivity index (χ0) is 25.2. The van der Waals surface area contributed by atoms with Gasteiger partial charge in [-0.1, -0.05) is 29.8 Å². The van der Waals surface area contributed by atoms with Crippen molar-refractivity contribution >= 4 is 23.2 Å². The predicted molar refractivity (Wildman–Crippen MR) is 143 cm³/mol. The normalized spacial score (nSPS) is 20.2. The van der Waals surface area contributed by atoms with E-state index in [-0.39, 0.29) is 23.9 Å². The number of nitrogens with zero attached hydrogens (tertiary/aromatic N) is 3. The fourth-order valence-corrected chi connectivity index (χ4v) is 6.24. The first-order valence-corrected chi connectivity index (χ1v) is 13.4. The molecular formula is C29H33N3O3S. The van der Waals surface area contributed by atoms with Gasteiger partial charge in [-0.3, -0.25) is 14.5 Å². The average Bonchev–Trinajstić information content (AvgIpc) is 3.37. The number of hydrogen-bond acceptors (Lipinski definition) is 5. The number of amides is 2. The third kappa shape index (κ3) is 4.90. The number of aryl methyl sites for hydroxylation is 1. The molecule has 5 rings (SSSR count). The topological polar surface area (TPSA) is 53.1 Å². The maximum atomic E-state index is 13.5. The standard InChI is InChI=1S/C29H33N3O3S/c1-20-4-6-23(7-5-20)29(34)32-16-15-30(18-21(32)2)27(33)19-31-14-12-26-25(13-17-36-26)28(31)22-8-10-24(35-3)11-9-22/h4-11,13,17,21,28H,12,14-16,18-19H2,1-3H3/t21-,28-/m1/s1. The van der Waals surface area contributed by atoms with E-state index in [4.69, 9.17) is 4.74 Å². The molecular weight excluding hydrogens is 470 g/mol. The van der Waals surface area contributed by atoms with Gasteiger partial charge >= 0.3 is 0 Å². The molecule has 36 heavy (non-hydrogen) atoms. The number of carbonyl (C=O) groups is 2. The van der Waals surface area contributed by atoms with Crippen molar-refractivity contribution in [3.8, 4) is 5.75 Å². The van der Waals surface area contributed by atoms with Gasteiger partial charge in [0.15, 0.2) is 0 Å². The van der Waals surface area contributed by atoms with Gasteiger partial charge in [-0.15, -0.1) is 11.3 Å². The van der Waals surface area contributed by atoms with Crippen molar-refractivity contribution in [2.75, 3.05) is 39.8 Å². The Balaban J connectivity index is 1.27. The fraction of sp³-hybridized carbons (Fsp3) is 0.379. The van der Waals surface area contributed by atoms with Crippen LogP contribution in [0.25, 0.3) is 0 Å². The average molecular weight is 504 g/mol. The zero-order valence-corrected chi connectivity index (χ0v) is 22.0. The molecule has 2 atom stereocenters. The Morgan fingerprint density at radius 1 is 1.00 bits per heavy atom. The van der Waals surface area contributed by atoms with Crippen molar-refractivity contribution in [2.24, 2.45) is 0 Å². The molecule has 0 unspecified atom stereocenters. The van der Waals surface area contributed by atoms with Gasteiger partial charge in [0.1, 0.15) is 5.75 Å². The molecule has 0 spiro atoms. The summed E-state index contributed by atoms with van der Waals surface area (Å²) in [5.41, 5.74) is 4.31. The van der Waals surface area contributed by atoms with Gasteiger partial charge in [0.2, 0.25) is 5.91 Å². The Labute approximate surface area is 217 Å². The van der Waals surface area contributed by atoms with E-state index in [1.54, 1.807) is 18.4 Å². The van der Waals surface area contributed by atoms with Crippen molar-refractivity contribution in [2.45, 2.75) is 32.4 Å². The van der Waals surface area contributed by atoms with Crippen LogP contribution < -0.4 is 4.74 Å². The second-order valence-electron chi connectivity index (χ2n) is 9.75. The molecule has 0 bridgehead atoms. The number of piperazine rings is 1. The minimum absolute atomic E-state index is 0.0290. The van der Waals surface area contributed by atoms with Gasteiger partial charge in [0.05, 0.1) is 19.7 Å². The first kappa shape index (κ1) is 24.5. The van der Waals surface area contributed by atoms with Gasteiger partial charge in [-0.05, 0) is 67.1 Å². The fourth-order valence-electron chi connectivity index (χ4n) is 5.34. The van der Waals surface area contributed by atoms with E-state index in [9.17, 15) is 9.59 Å². The third-order valence-corrected chi connectivity index (χ3v) is 8.37. The number of hydrogen-bond donors (Lipinski definition) is 0. The van der Waals surface area contributed by atoms with Gasteiger partial charge in [-0.25, -0.2) is 0 Å². The Morgan fingerprint density at radius 2 is 1.75 bits per heavy atom. The lowest BCUT2D eigenvalue weighted by Gasteiger charge is -2.42. The lowest BCUT2D eigenvalue weighted by atomic mass is 9.93. The molecule has 3 aromatic rings. The second-order valence-corrected chi connectivity index (χ2v) is 10.7. The van der Waals surface area contributed by atoms with Crippen LogP contribution in [0.1, 0.15) is 44.9 Å². The maximum absolute atomic E-state index is 13.5. The summed E-state index contributed by atoms with van der Waals surface area (Å²) in [4.78, 5) is 34.1. The SMILES string of the molecule is COc1ccc([C@@H]2c3ccsc3CCN2CC(=O)N2CCN(C(=O)c3ccc(C)cc3)[C@H](C)C2)cc1. The lowest BCUT2D eigenvalue weighted by Crippen LogP contribution is -2.57. The molecule has 0 radical (unpaired) electrons. The summed E-state index contributed by atoms with van der Waals surface area (Å²) < 4.78 is 5.35. The number of rotatable bonds is 5. The van der Waals surface area contributed by atoms with Crippen molar-refractivity contribution in [3.05, 3.63) is 87.1 Å². The zero-order valence-electron chi connectivity index (χ0n) is 21.1. The van der Waals surface area contributed by atoms with Crippen LogP contribution >= 0.6 is 11.3 Å². The highest BCUT2D eigenvalue weighted by Gasteiger charge is 2.34. The molecule has 3 heterocycles. The van der Waals surface area contributed by atoms with E-state index < -0.39 is 0 Å². The summed E-state index contributed by atoms with van der Waals surface area (Å²) in [5, 5.41) is 2.15. The lowest BCUT2D eigenvalue weighted by molar-refractivity contribution is -0.135. The van der Waals surface area contributed by atoms with E-state index in [0.29, 0.717) is 31.7 Å². The highest BCUT2D eigenvalue weighted by molar-refractivity contribution is 7.10. The van der Waals surface area contributed by atoms with Crippen molar-refractivity contribution in [3.63, 3.8) is 0 Å². The number of methoxy groups -OCH3 is 1. The summed E-state index contributed by atoms with van der Waals surface area (Å²) in [6.45, 7) is 6.93. The minimum atomic E-state index is -0.0290. The van der Waals surface area contributed by atoms with Crippen LogP contribution in [-0.2, 0) is 11.2 Å². The Hall–Kier alpha value is -3.16. The maximum Gasteiger partial charge on any atom is 0.254 e. The molecule has 0 N–H and O–H groups in total. The number of fused-ring (bicyclic) bond motifs is 1. The van der Waals surface area contributed by atoms with Crippen LogP contribution in [0.3, 0.4) is 0 Å².